The van der Waals surface area contributed by atoms with Crippen molar-refractivity contribution in [1.29, 1.82) is 0 Å². The van der Waals surface area contributed by atoms with Crippen LogP contribution in [0.1, 0.15) is 11.1 Å². The zero-order valence-electron chi connectivity index (χ0n) is 15.2. The second kappa shape index (κ2) is 10.1. The summed E-state index contributed by atoms with van der Waals surface area (Å²) in [5, 5.41) is 5.61. The van der Waals surface area contributed by atoms with E-state index < -0.39 is 0 Å². The van der Waals surface area contributed by atoms with Crippen LogP contribution in [0.2, 0.25) is 20.1 Å². The predicted octanol–water partition coefficient (Wildman–Crippen LogP) is 8.26. The number of anilines is 1. The monoisotopic (exact) mass is 533 g/mol. The normalized spacial score (nSPS) is 10.7. The van der Waals surface area contributed by atoms with Gasteiger partial charge in [0.15, 0.2) is 11.5 Å². The first-order valence-corrected chi connectivity index (χ1v) is 10.8. The van der Waals surface area contributed by atoms with Crippen molar-refractivity contribution in [2.45, 2.75) is 13.2 Å². The van der Waals surface area contributed by atoms with Gasteiger partial charge in [-0.2, -0.15) is 0 Å². The van der Waals surface area contributed by atoms with Gasteiger partial charge in [0, 0.05) is 27.2 Å². The van der Waals surface area contributed by atoms with Gasteiger partial charge in [-0.3, -0.25) is 0 Å². The third kappa shape index (κ3) is 5.87. The highest BCUT2D eigenvalue weighted by Crippen LogP contribution is 2.38. The van der Waals surface area contributed by atoms with Crippen LogP contribution in [0.3, 0.4) is 0 Å². The lowest BCUT2D eigenvalue weighted by Crippen LogP contribution is -2.03. The number of nitrogens with one attached hydrogen (secondary N) is 1. The van der Waals surface area contributed by atoms with Gasteiger partial charge in [-0.25, -0.2) is 0 Å². The quantitative estimate of drug-likeness (QED) is 0.330. The lowest BCUT2D eigenvalue weighted by atomic mass is 10.2. The number of methoxy groups -OCH3 is 1. The number of hydrogen-bond donors (Lipinski definition) is 1. The average Bonchev–Trinajstić information content (AvgIpc) is 2.68. The summed E-state index contributed by atoms with van der Waals surface area (Å²) >= 11 is 28.0. The molecule has 0 aliphatic rings. The van der Waals surface area contributed by atoms with Crippen LogP contribution in [0.15, 0.2) is 53.0 Å². The third-order valence-corrected chi connectivity index (χ3v) is 5.83. The molecule has 0 saturated heterocycles. The van der Waals surface area contributed by atoms with Crippen molar-refractivity contribution in [2.75, 3.05) is 12.4 Å². The smallest absolute Gasteiger partial charge is 0.175 e. The number of rotatable bonds is 7. The molecular formula is C21H16BrCl4NO2. The average molecular weight is 536 g/mol. The standard InChI is InChI=1S/C21H16BrCl4NO2/c1-28-20-7-12(10-27-19-9-15(24)4-5-17(19)25)6-16(22)21(20)29-11-13-2-3-14(23)8-18(13)26/h2-9,27H,10-11H2,1H3. The Balaban J connectivity index is 1.75. The fourth-order valence-electron chi connectivity index (χ4n) is 2.63. The minimum absolute atomic E-state index is 0.278. The highest BCUT2D eigenvalue weighted by molar-refractivity contribution is 9.10. The van der Waals surface area contributed by atoms with Crippen molar-refractivity contribution in [1.82, 2.24) is 0 Å². The summed E-state index contributed by atoms with van der Waals surface area (Å²) in [5.74, 6) is 1.18. The van der Waals surface area contributed by atoms with Crippen molar-refractivity contribution in [3.05, 3.63) is 84.2 Å². The van der Waals surface area contributed by atoms with Crippen LogP contribution in [-0.4, -0.2) is 7.11 Å². The zero-order valence-corrected chi connectivity index (χ0v) is 19.8. The van der Waals surface area contributed by atoms with Crippen LogP contribution < -0.4 is 14.8 Å². The largest absolute Gasteiger partial charge is 0.493 e. The van der Waals surface area contributed by atoms with Crippen LogP contribution in [0.5, 0.6) is 11.5 Å². The summed E-state index contributed by atoms with van der Waals surface area (Å²) in [6.45, 7) is 0.805. The van der Waals surface area contributed by atoms with Gasteiger partial charge < -0.3 is 14.8 Å². The highest BCUT2D eigenvalue weighted by atomic mass is 79.9. The summed E-state index contributed by atoms with van der Waals surface area (Å²) in [4.78, 5) is 0. The molecule has 0 aliphatic heterocycles. The zero-order chi connectivity index (χ0) is 21.0. The fourth-order valence-corrected chi connectivity index (χ4v) is 4.06. The molecule has 3 aromatic carbocycles. The molecule has 0 heterocycles. The Morgan fingerprint density at radius 2 is 1.62 bits per heavy atom. The van der Waals surface area contributed by atoms with Gasteiger partial charge in [-0.1, -0.05) is 52.5 Å². The molecule has 152 valence electrons. The minimum atomic E-state index is 0.278. The van der Waals surface area contributed by atoms with E-state index in [1.807, 2.05) is 18.2 Å². The van der Waals surface area contributed by atoms with Gasteiger partial charge in [-0.15, -0.1) is 0 Å². The molecule has 0 amide bonds. The van der Waals surface area contributed by atoms with Gasteiger partial charge in [0.25, 0.3) is 0 Å². The van der Waals surface area contributed by atoms with E-state index in [4.69, 9.17) is 55.9 Å². The number of halogens is 5. The Labute approximate surface area is 197 Å². The lowest BCUT2D eigenvalue weighted by molar-refractivity contribution is 0.282. The molecule has 0 atom stereocenters. The summed E-state index contributed by atoms with van der Waals surface area (Å²) in [7, 11) is 1.59. The maximum atomic E-state index is 6.22. The Kier molecular flexibility index (Phi) is 7.83. The van der Waals surface area contributed by atoms with Crippen LogP contribution in [0, 0.1) is 0 Å². The number of benzene rings is 3. The van der Waals surface area contributed by atoms with Crippen LogP contribution in [-0.2, 0) is 13.2 Å². The van der Waals surface area contributed by atoms with Crippen LogP contribution >= 0.6 is 62.3 Å². The molecule has 0 aromatic heterocycles. The van der Waals surface area contributed by atoms with Crippen LogP contribution in [0.4, 0.5) is 5.69 Å². The van der Waals surface area contributed by atoms with E-state index in [2.05, 4.69) is 21.2 Å². The van der Waals surface area contributed by atoms with Crippen molar-refractivity contribution in [3.8, 4) is 11.5 Å². The molecule has 0 bridgehead atoms. The highest BCUT2D eigenvalue weighted by Gasteiger charge is 2.13. The first-order valence-electron chi connectivity index (χ1n) is 8.49. The lowest BCUT2D eigenvalue weighted by Gasteiger charge is -2.16. The van der Waals surface area contributed by atoms with E-state index in [1.54, 1.807) is 37.4 Å². The van der Waals surface area contributed by atoms with Crippen molar-refractivity contribution < 1.29 is 9.47 Å². The van der Waals surface area contributed by atoms with Gasteiger partial charge >= 0.3 is 0 Å². The predicted molar refractivity (Wildman–Crippen MR) is 125 cm³/mol. The molecule has 1 N–H and O–H groups in total. The van der Waals surface area contributed by atoms with Crippen molar-refractivity contribution >= 4 is 68.0 Å². The van der Waals surface area contributed by atoms with E-state index in [0.717, 1.165) is 21.3 Å². The first-order chi connectivity index (χ1) is 13.9. The molecule has 0 radical (unpaired) electrons. The molecular weight excluding hydrogens is 520 g/mol. The molecule has 8 heteroatoms. The summed E-state index contributed by atoms with van der Waals surface area (Å²) in [6.07, 6.45) is 0. The Morgan fingerprint density at radius 3 is 2.34 bits per heavy atom. The van der Waals surface area contributed by atoms with E-state index >= 15 is 0 Å². The minimum Gasteiger partial charge on any atom is -0.493 e. The molecule has 29 heavy (non-hydrogen) atoms. The maximum Gasteiger partial charge on any atom is 0.175 e. The maximum absolute atomic E-state index is 6.22. The van der Waals surface area contributed by atoms with Gasteiger partial charge in [0.05, 0.1) is 22.3 Å². The molecule has 0 aliphatic carbocycles. The Hall–Kier alpha value is -1.30. The first kappa shape index (κ1) is 22.4. The summed E-state index contributed by atoms with van der Waals surface area (Å²) in [5.41, 5.74) is 2.56. The van der Waals surface area contributed by atoms with E-state index in [9.17, 15) is 0 Å². The third-order valence-electron chi connectivity index (χ3n) is 4.09. The number of hydrogen-bond acceptors (Lipinski definition) is 3. The van der Waals surface area contributed by atoms with Crippen molar-refractivity contribution in [3.63, 3.8) is 0 Å². The molecule has 0 unspecified atom stereocenters. The second-order valence-electron chi connectivity index (χ2n) is 6.11. The molecule has 0 saturated carbocycles. The van der Waals surface area contributed by atoms with Crippen LogP contribution in [0.25, 0.3) is 0 Å². The van der Waals surface area contributed by atoms with E-state index in [0.29, 0.717) is 38.1 Å². The van der Waals surface area contributed by atoms with E-state index in [-0.39, 0.29) is 6.61 Å². The van der Waals surface area contributed by atoms with Gasteiger partial charge in [0.1, 0.15) is 6.61 Å². The topological polar surface area (TPSA) is 30.5 Å². The second-order valence-corrected chi connectivity index (χ2v) is 8.65. The SMILES string of the molecule is COc1cc(CNc2cc(Cl)ccc2Cl)cc(Br)c1OCc1ccc(Cl)cc1Cl. The van der Waals surface area contributed by atoms with E-state index in [1.165, 1.54) is 0 Å². The summed E-state index contributed by atoms with van der Waals surface area (Å²) < 4.78 is 12.2. The molecule has 3 aromatic rings. The Morgan fingerprint density at radius 1 is 0.897 bits per heavy atom. The Bertz CT molecular complexity index is 1030. The molecule has 3 rings (SSSR count). The summed E-state index contributed by atoms with van der Waals surface area (Å²) in [6, 6.07) is 14.4. The van der Waals surface area contributed by atoms with Gasteiger partial charge in [0.2, 0.25) is 0 Å². The molecule has 3 nitrogen and oxygen atoms in total. The molecule has 0 spiro atoms. The fraction of sp³-hybridized carbons (Fsp3) is 0.143. The van der Waals surface area contributed by atoms with Crippen molar-refractivity contribution in [2.24, 2.45) is 0 Å². The number of ether oxygens (including phenoxy) is 2. The van der Waals surface area contributed by atoms with Gasteiger partial charge in [-0.05, 0) is 64.0 Å². The molecule has 0 fully saturated rings.